The van der Waals surface area contributed by atoms with Crippen LogP contribution in [0.5, 0.6) is 0 Å². The van der Waals surface area contributed by atoms with Crippen LogP contribution >= 0.6 is 11.6 Å². The van der Waals surface area contributed by atoms with Crippen molar-refractivity contribution in [3.05, 3.63) is 71.3 Å². The monoisotopic (exact) mass is 356 g/mol. The zero-order valence-electron chi connectivity index (χ0n) is 12.7. The Balaban J connectivity index is 3.79. The first-order valence-electron chi connectivity index (χ1n) is 6.66. The molecule has 0 spiro atoms. The fraction of sp³-hybridized carbons (Fsp3) is 0.176. The lowest BCUT2D eigenvalue weighted by Gasteiger charge is -2.33. The number of aliphatic carboxylic acids is 1. The third-order valence-electron chi connectivity index (χ3n) is 3.42. The molecule has 2 N–H and O–H groups in total. The first-order chi connectivity index (χ1) is 11.1. The van der Waals surface area contributed by atoms with Gasteiger partial charge < -0.3 is 10.2 Å². The molecular weight excluding hydrogens is 342 g/mol. The number of carbonyl (C=O) groups excluding carboxylic acids is 1. The summed E-state index contributed by atoms with van der Waals surface area (Å²) in [5.41, 5.74) is -4.46. The molecule has 0 saturated carbocycles. The van der Waals surface area contributed by atoms with Crippen molar-refractivity contribution in [2.45, 2.75) is 18.4 Å². The van der Waals surface area contributed by atoms with Crippen LogP contribution in [0.1, 0.15) is 18.4 Å². The zero-order valence-corrected chi connectivity index (χ0v) is 13.5. The topological polar surface area (TPSA) is 74.6 Å². The molecule has 0 radical (unpaired) electrons. The first kappa shape index (κ1) is 19.7. The van der Waals surface area contributed by atoms with Crippen LogP contribution in [0.25, 0.3) is 0 Å². The summed E-state index contributed by atoms with van der Waals surface area (Å²) in [4.78, 5) is 23.7. The molecule has 24 heavy (non-hydrogen) atoms. The predicted molar refractivity (Wildman–Crippen MR) is 86.0 cm³/mol. The number of halogens is 3. The van der Waals surface area contributed by atoms with E-state index < -0.39 is 40.5 Å². The van der Waals surface area contributed by atoms with Crippen molar-refractivity contribution in [1.29, 1.82) is 0 Å². The molecule has 0 heterocycles. The van der Waals surface area contributed by atoms with Crippen LogP contribution in [-0.2, 0) is 9.59 Å². The van der Waals surface area contributed by atoms with Gasteiger partial charge in [-0.15, -0.1) is 0 Å². The van der Waals surface area contributed by atoms with Gasteiger partial charge >= 0.3 is 5.97 Å². The number of aliphatic hydroxyl groups is 1. The van der Waals surface area contributed by atoms with Crippen LogP contribution in [0.3, 0.4) is 0 Å². The molecule has 0 amide bonds. The molecule has 0 aromatic heterocycles. The second-order valence-corrected chi connectivity index (χ2v) is 5.44. The van der Waals surface area contributed by atoms with Gasteiger partial charge in [0.05, 0.1) is 11.5 Å². The predicted octanol–water partition coefficient (Wildman–Crippen LogP) is 3.72. The van der Waals surface area contributed by atoms with E-state index in [1.807, 2.05) is 0 Å². The molecule has 128 valence electrons. The van der Waals surface area contributed by atoms with Crippen molar-refractivity contribution in [3.63, 3.8) is 0 Å². The van der Waals surface area contributed by atoms with Crippen molar-refractivity contribution in [2.75, 3.05) is 0 Å². The lowest BCUT2D eigenvalue weighted by atomic mass is 9.74. The molecule has 1 aromatic carbocycles. The highest BCUT2D eigenvalue weighted by atomic mass is 35.5. The van der Waals surface area contributed by atoms with Gasteiger partial charge in [-0.2, -0.15) is 0 Å². The van der Waals surface area contributed by atoms with Gasteiger partial charge in [-0.3, -0.25) is 4.79 Å². The average molecular weight is 357 g/mol. The normalized spacial score (nSPS) is 15.7. The van der Waals surface area contributed by atoms with E-state index in [1.54, 1.807) is 0 Å². The Morgan fingerprint density at radius 1 is 1.29 bits per heavy atom. The number of hydrogen-bond acceptors (Lipinski definition) is 3. The number of benzene rings is 1. The Morgan fingerprint density at radius 2 is 1.79 bits per heavy atom. The summed E-state index contributed by atoms with van der Waals surface area (Å²) in [5, 5.41) is 20.4. The van der Waals surface area contributed by atoms with Crippen LogP contribution in [0.4, 0.5) is 8.78 Å². The van der Waals surface area contributed by atoms with Gasteiger partial charge in [0.1, 0.15) is 17.4 Å². The van der Waals surface area contributed by atoms with E-state index in [9.17, 15) is 28.6 Å². The summed E-state index contributed by atoms with van der Waals surface area (Å²) in [6.07, 6.45) is 0.521. The number of allylic oxidation sites excluding steroid dienone is 2. The van der Waals surface area contributed by atoms with Gasteiger partial charge in [0, 0.05) is 5.02 Å². The molecule has 0 aliphatic rings. The second-order valence-electron chi connectivity index (χ2n) is 5.00. The molecule has 0 bridgehead atoms. The molecule has 0 fully saturated rings. The average Bonchev–Trinajstić information content (AvgIpc) is 2.48. The van der Waals surface area contributed by atoms with E-state index in [-0.39, 0.29) is 5.56 Å². The summed E-state index contributed by atoms with van der Waals surface area (Å²) in [6, 6.07) is 5.28. The lowest BCUT2D eigenvalue weighted by molar-refractivity contribution is -0.159. The molecule has 0 saturated heterocycles. The Bertz CT molecular complexity index is 725. The third kappa shape index (κ3) is 3.60. The van der Waals surface area contributed by atoms with Crippen molar-refractivity contribution >= 4 is 23.4 Å². The van der Waals surface area contributed by atoms with Crippen LogP contribution in [-0.4, -0.2) is 27.6 Å². The maximum absolute atomic E-state index is 14.0. The Hall–Kier alpha value is -2.31. The van der Waals surface area contributed by atoms with Crippen molar-refractivity contribution in [2.24, 2.45) is 0 Å². The summed E-state index contributed by atoms with van der Waals surface area (Å²) < 4.78 is 27.8. The lowest BCUT2D eigenvalue weighted by Crippen LogP contribution is -2.49. The van der Waals surface area contributed by atoms with Gasteiger partial charge in [-0.1, -0.05) is 36.9 Å². The van der Waals surface area contributed by atoms with Crippen LogP contribution in [0.15, 0.2) is 60.7 Å². The Kier molecular flexibility index (Phi) is 6.17. The molecular formula is C17H15ClF2O4. The van der Waals surface area contributed by atoms with E-state index in [0.29, 0.717) is 11.1 Å². The number of carboxylic acids is 1. The molecule has 4 nitrogen and oxygen atoms in total. The Labute approximate surface area is 142 Å². The number of carbonyl (C=O) groups is 2. The van der Waals surface area contributed by atoms with Gasteiger partial charge in [-0.25, -0.2) is 13.6 Å². The largest absolute Gasteiger partial charge is 0.479 e. The van der Waals surface area contributed by atoms with E-state index >= 15 is 0 Å². The molecule has 2 atom stereocenters. The standard InChI is InChI=1S/C17H15ClF2O4/c1-4-13(20)14(9(2)19)17(24,16(22)23)15(10(3)21)11-5-7-12(18)8-6-11/h4-8,15,24H,1-2H2,3H3,(H,22,23)/b14-13-. The highest BCUT2D eigenvalue weighted by Gasteiger charge is 2.53. The van der Waals surface area contributed by atoms with Crippen molar-refractivity contribution in [1.82, 2.24) is 0 Å². The molecule has 2 unspecified atom stereocenters. The van der Waals surface area contributed by atoms with Crippen LogP contribution < -0.4 is 0 Å². The molecule has 0 aliphatic heterocycles. The van der Waals surface area contributed by atoms with Crippen molar-refractivity contribution in [3.8, 4) is 0 Å². The third-order valence-corrected chi connectivity index (χ3v) is 3.68. The minimum absolute atomic E-state index is 0.0208. The Morgan fingerprint density at radius 3 is 2.12 bits per heavy atom. The fourth-order valence-electron chi connectivity index (χ4n) is 2.42. The quantitative estimate of drug-likeness (QED) is 0.730. The van der Waals surface area contributed by atoms with Gasteiger partial charge in [0.25, 0.3) is 0 Å². The smallest absolute Gasteiger partial charge is 0.341 e. The zero-order chi connectivity index (χ0) is 18.7. The van der Waals surface area contributed by atoms with E-state index in [0.717, 1.165) is 6.92 Å². The van der Waals surface area contributed by atoms with E-state index in [1.165, 1.54) is 24.3 Å². The van der Waals surface area contributed by atoms with Crippen LogP contribution in [0, 0.1) is 0 Å². The second kappa shape index (κ2) is 7.51. The highest BCUT2D eigenvalue weighted by molar-refractivity contribution is 6.30. The summed E-state index contributed by atoms with van der Waals surface area (Å²) in [7, 11) is 0. The van der Waals surface area contributed by atoms with Crippen molar-refractivity contribution < 1.29 is 28.6 Å². The number of carboxylic acid groups (broad SMARTS) is 1. The SMILES string of the molecule is C=C/C(F)=C(\C(=C)F)C(O)(C(=O)O)C(C(C)=O)c1ccc(Cl)cc1. The van der Waals surface area contributed by atoms with Crippen LogP contribution in [0.2, 0.25) is 5.02 Å². The minimum atomic E-state index is -3.22. The number of hydrogen-bond donors (Lipinski definition) is 2. The maximum atomic E-state index is 14.0. The van der Waals surface area contributed by atoms with E-state index in [2.05, 4.69) is 13.2 Å². The molecule has 1 rings (SSSR count). The minimum Gasteiger partial charge on any atom is -0.479 e. The molecule has 7 heteroatoms. The fourth-order valence-corrected chi connectivity index (χ4v) is 2.55. The van der Waals surface area contributed by atoms with Gasteiger partial charge in [0.2, 0.25) is 5.60 Å². The van der Waals surface area contributed by atoms with Gasteiger partial charge in [-0.05, 0) is 30.7 Å². The maximum Gasteiger partial charge on any atom is 0.341 e. The van der Waals surface area contributed by atoms with E-state index in [4.69, 9.17) is 11.6 Å². The highest BCUT2D eigenvalue weighted by Crippen LogP contribution is 2.41. The molecule has 1 aromatic rings. The number of Topliss-reactive ketones (excluding diaryl/α,β-unsaturated/α-hetero) is 1. The number of ketones is 1. The first-order valence-corrected chi connectivity index (χ1v) is 7.04. The number of rotatable bonds is 7. The molecule has 0 aliphatic carbocycles. The van der Waals surface area contributed by atoms with Gasteiger partial charge in [0.15, 0.2) is 0 Å². The summed E-state index contributed by atoms with van der Waals surface area (Å²) in [5.74, 6) is -7.59. The summed E-state index contributed by atoms with van der Waals surface area (Å²) >= 11 is 5.74. The summed E-state index contributed by atoms with van der Waals surface area (Å²) in [6.45, 7) is 6.93.